The second kappa shape index (κ2) is 16.0. The number of aromatic hydroxyl groups is 1. The Morgan fingerprint density at radius 2 is 1.29 bits per heavy atom. The van der Waals surface area contributed by atoms with Crippen molar-refractivity contribution in [1.29, 1.82) is 0 Å². The summed E-state index contributed by atoms with van der Waals surface area (Å²) < 4.78 is 0. The molecule has 0 aliphatic carbocycles. The van der Waals surface area contributed by atoms with Crippen molar-refractivity contribution in [2.24, 2.45) is 17.4 Å². The molecule has 0 saturated carbocycles. The second-order valence-electron chi connectivity index (χ2n) is 10.3. The van der Waals surface area contributed by atoms with Gasteiger partial charge in [0.25, 0.3) is 0 Å². The van der Waals surface area contributed by atoms with Gasteiger partial charge in [-0.3, -0.25) is 19.2 Å². The van der Waals surface area contributed by atoms with Crippen LogP contribution in [0.15, 0.2) is 54.6 Å². The second-order valence-corrected chi connectivity index (χ2v) is 10.3. The van der Waals surface area contributed by atoms with Crippen LogP contribution in [0.25, 0.3) is 0 Å². The summed E-state index contributed by atoms with van der Waals surface area (Å²) in [6.07, 6.45) is -0.0344. The molecule has 4 unspecified atom stereocenters. The zero-order chi connectivity index (χ0) is 30.5. The zero-order valence-corrected chi connectivity index (χ0v) is 23.2. The van der Waals surface area contributed by atoms with Gasteiger partial charge in [-0.1, -0.05) is 56.3 Å². The molecule has 2 aromatic carbocycles. The minimum Gasteiger partial charge on any atom is -0.508 e. The summed E-state index contributed by atoms with van der Waals surface area (Å²) in [4.78, 5) is 62.6. The Balaban J connectivity index is 2.14. The molecule has 9 N–H and O–H groups in total. The lowest BCUT2D eigenvalue weighted by Gasteiger charge is -2.26. The van der Waals surface area contributed by atoms with Gasteiger partial charge < -0.3 is 37.6 Å². The van der Waals surface area contributed by atoms with Crippen LogP contribution in [0.3, 0.4) is 0 Å². The van der Waals surface area contributed by atoms with Gasteiger partial charge >= 0.3 is 5.97 Å². The molecule has 2 rings (SSSR count). The minimum absolute atomic E-state index is 0.00332. The molecule has 12 nitrogen and oxygen atoms in total. The van der Waals surface area contributed by atoms with Crippen LogP contribution in [0, 0.1) is 5.92 Å². The Kier molecular flexibility index (Phi) is 12.8. The van der Waals surface area contributed by atoms with E-state index in [1.54, 1.807) is 42.5 Å². The third-order valence-corrected chi connectivity index (χ3v) is 6.28. The van der Waals surface area contributed by atoms with Crippen LogP contribution in [0.4, 0.5) is 0 Å². The number of carbonyl (C=O) groups excluding carboxylic acids is 4. The maximum atomic E-state index is 13.3. The first-order valence-corrected chi connectivity index (χ1v) is 13.3. The molecule has 4 amide bonds. The molecular formula is C29H39N5O7. The highest BCUT2D eigenvalue weighted by atomic mass is 16.4. The predicted octanol–water partition coefficient (Wildman–Crippen LogP) is 0.355. The van der Waals surface area contributed by atoms with E-state index in [0.29, 0.717) is 11.1 Å². The third kappa shape index (κ3) is 11.7. The molecule has 222 valence electrons. The van der Waals surface area contributed by atoms with Crippen molar-refractivity contribution in [2.45, 2.75) is 70.1 Å². The van der Waals surface area contributed by atoms with E-state index in [0.717, 1.165) is 0 Å². The highest BCUT2D eigenvalue weighted by molar-refractivity contribution is 5.94. The molecule has 0 bridgehead atoms. The Labute approximate surface area is 238 Å². The monoisotopic (exact) mass is 569 g/mol. The van der Waals surface area contributed by atoms with Crippen LogP contribution >= 0.6 is 0 Å². The van der Waals surface area contributed by atoms with Gasteiger partial charge in [0, 0.05) is 12.8 Å². The lowest BCUT2D eigenvalue weighted by atomic mass is 10.0. The number of carboxylic acid groups (broad SMARTS) is 1. The van der Waals surface area contributed by atoms with Crippen molar-refractivity contribution in [3.63, 3.8) is 0 Å². The number of aliphatic carboxylic acids is 1. The summed E-state index contributed by atoms with van der Waals surface area (Å²) in [5.41, 5.74) is 12.7. The van der Waals surface area contributed by atoms with Gasteiger partial charge in [-0.05, 0) is 48.4 Å². The number of rotatable bonds is 16. The number of carboxylic acids is 1. The van der Waals surface area contributed by atoms with Gasteiger partial charge in [-0.2, -0.15) is 0 Å². The minimum atomic E-state index is -1.29. The molecule has 41 heavy (non-hydrogen) atoms. The number of carbonyl (C=O) groups is 5. The largest absolute Gasteiger partial charge is 0.508 e. The average Bonchev–Trinajstić information content (AvgIpc) is 2.91. The summed E-state index contributed by atoms with van der Waals surface area (Å²) in [6.45, 7) is 3.70. The van der Waals surface area contributed by atoms with Crippen LogP contribution in [0.5, 0.6) is 5.75 Å². The van der Waals surface area contributed by atoms with E-state index in [-0.39, 0.29) is 43.8 Å². The van der Waals surface area contributed by atoms with Crippen molar-refractivity contribution in [3.05, 3.63) is 65.7 Å². The number of primary amides is 1. The average molecular weight is 570 g/mol. The molecule has 0 aliphatic rings. The molecule has 0 aliphatic heterocycles. The topological polar surface area (TPSA) is 214 Å². The van der Waals surface area contributed by atoms with E-state index >= 15 is 0 Å². The summed E-state index contributed by atoms with van der Waals surface area (Å²) >= 11 is 0. The summed E-state index contributed by atoms with van der Waals surface area (Å²) in [6, 6.07) is 10.3. The molecule has 0 fully saturated rings. The fourth-order valence-corrected chi connectivity index (χ4v) is 4.11. The number of nitrogens with one attached hydrogen (secondary N) is 3. The summed E-state index contributed by atoms with van der Waals surface area (Å²) in [7, 11) is 0. The van der Waals surface area contributed by atoms with Crippen molar-refractivity contribution in [3.8, 4) is 5.75 Å². The molecule has 0 saturated heterocycles. The van der Waals surface area contributed by atoms with Crippen LogP contribution in [-0.4, -0.2) is 64.0 Å². The van der Waals surface area contributed by atoms with Crippen molar-refractivity contribution in [1.82, 2.24) is 16.0 Å². The van der Waals surface area contributed by atoms with Crippen LogP contribution in [0.1, 0.15) is 44.2 Å². The van der Waals surface area contributed by atoms with E-state index < -0.39 is 53.8 Å². The predicted molar refractivity (Wildman–Crippen MR) is 151 cm³/mol. The van der Waals surface area contributed by atoms with E-state index in [1.807, 2.05) is 13.8 Å². The standard InChI is InChI=1S/C29H39N5O7/c1-17(2)14-23(33-26(37)21(30)15-19-8-10-20(35)11-9-19)28(39)32-22(12-13-25(31)36)27(38)34-24(29(40)41)16-18-6-4-3-5-7-18/h3-11,17,21-24,35H,12-16,30H2,1-2H3,(H2,31,36)(H,32,39)(H,33,37)(H,34,38)(H,40,41). The Morgan fingerprint density at radius 3 is 1.85 bits per heavy atom. The van der Waals surface area contributed by atoms with E-state index in [9.17, 15) is 34.2 Å². The van der Waals surface area contributed by atoms with Gasteiger partial charge in [0.15, 0.2) is 0 Å². The highest BCUT2D eigenvalue weighted by Gasteiger charge is 2.31. The van der Waals surface area contributed by atoms with Crippen LogP contribution in [-0.2, 0) is 36.8 Å². The lowest BCUT2D eigenvalue weighted by Crippen LogP contribution is -2.57. The van der Waals surface area contributed by atoms with Crippen molar-refractivity contribution < 1.29 is 34.2 Å². The van der Waals surface area contributed by atoms with Crippen LogP contribution in [0.2, 0.25) is 0 Å². The molecule has 0 spiro atoms. The maximum Gasteiger partial charge on any atom is 0.326 e. The molecule has 4 atom stereocenters. The van der Waals surface area contributed by atoms with Crippen LogP contribution < -0.4 is 27.4 Å². The zero-order valence-electron chi connectivity index (χ0n) is 23.2. The fraction of sp³-hybridized carbons (Fsp3) is 0.414. The first-order chi connectivity index (χ1) is 19.3. The number of phenolic OH excluding ortho intramolecular Hbond substituents is 1. The Hall–Kier alpha value is -4.45. The number of amides is 4. The van der Waals surface area contributed by atoms with Gasteiger partial charge in [-0.25, -0.2) is 4.79 Å². The quantitative estimate of drug-likeness (QED) is 0.149. The summed E-state index contributed by atoms with van der Waals surface area (Å²) in [5, 5.41) is 26.7. The SMILES string of the molecule is CC(C)CC(NC(=O)C(N)Cc1ccc(O)cc1)C(=O)NC(CCC(N)=O)C(=O)NC(Cc1ccccc1)C(=O)O. The highest BCUT2D eigenvalue weighted by Crippen LogP contribution is 2.12. The maximum absolute atomic E-state index is 13.3. The number of phenols is 1. The number of hydrogen-bond acceptors (Lipinski definition) is 7. The van der Waals surface area contributed by atoms with Gasteiger partial charge in [0.1, 0.15) is 23.9 Å². The van der Waals surface area contributed by atoms with E-state index in [2.05, 4.69) is 16.0 Å². The lowest BCUT2D eigenvalue weighted by molar-refractivity contribution is -0.142. The summed E-state index contributed by atoms with van der Waals surface area (Å²) in [5.74, 6) is -4.02. The number of nitrogens with two attached hydrogens (primary N) is 2. The first kappa shape index (κ1) is 32.8. The molecule has 0 heterocycles. The van der Waals surface area contributed by atoms with E-state index in [4.69, 9.17) is 11.5 Å². The fourth-order valence-electron chi connectivity index (χ4n) is 4.11. The third-order valence-electron chi connectivity index (χ3n) is 6.28. The Morgan fingerprint density at radius 1 is 0.756 bits per heavy atom. The molecule has 12 heteroatoms. The smallest absolute Gasteiger partial charge is 0.326 e. The Bertz CT molecular complexity index is 1190. The molecule has 0 radical (unpaired) electrons. The van der Waals surface area contributed by atoms with Gasteiger partial charge in [-0.15, -0.1) is 0 Å². The molecular weight excluding hydrogens is 530 g/mol. The molecule has 0 aromatic heterocycles. The van der Waals surface area contributed by atoms with Gasteiger partial charge in [0.05, 0.1) is 6.04 Å². The number of hydrogen-bond donors (Lipinski definition) is 7. The normalized spacial score (nSPS) is 13.9. The van der Waals surface area contributed by atoms with E-state index in [1.165, 1.54) is 12.1 Å². The van der Waals surface area contributed by atoms with Crippen molar-refractivity contribution in [2.75, 3.05) is 0 Å². The molecule has 2 aromatic rings. The van der Waals surface area contributed by atoms with Gasteiger partial charge in [0.2, 0.25) is 23.6 Å². The first-order valence-electron chi connectivity index (χ1n) is 13.3. The number of benzene rings is 2. The van der Waals surface area contributed by atoms with Crippen molar-refractivity contribution >= 4 is 29.6 Å².